The fourth-order valence-electron chi connectivity index (χ4n) is 1.49. The van der Waals surface area contributed by atoms with Crippen LogP contribution in [0.5, 0.6) is 0 Å². The Labute approximate surface area is 141 Å². The Morgan fingerprint density at radius 1 is 1.09 bits per heavy atom. The van der Waals surface area contributed by atoms with Gasteiger partial charge >= 0.3 is 142 Å². The molecular formula is C16H24IO4P. The summed E-state index contributed by atoms with van der Waals surface area (Å²) in [5, 5.41) is 0. The van der Waals surface area contributed by atoms with Gasteiger partial charge in [0.05, 0.1) is 0 Å². The van der Waals surface area contributed by atoms with Gasteiger partial charge in [0.15, 0.2) is 0 Å². The quantitative estimate of drug-likeness (QED) is 0.217. The second kappa shape index (κ2) is 11.2. The molecule has 0 amide bonds. The molecule has 0 saturated heterocycles. The van der Waals surface area contributed by atoms with Gasteiger partial charge < -0.3 is 0 Å². The van der Waals surface area contributed by atoms with Crippen LogP contribution >= 0.6 is 28.1 Å². The predicted molar refractivity (Wildman–Crippen MR) is 98.4 cm³/mol. The van der Waals surface area contributed by atoms with E-state index in [0.29, 0.717) is 0 Å². The van der Waals surface area contributed by atoms with E-state index >= 15 is 0 Å². The summed E-state index contributed by atoms with van der Waals surface area (Å²) in [6, 6.07) is 9.72. The second-order valence-electron chi connectivity index (χ2n) is 4.27. The molecule has 0 fully saturated rings. The molecule has 124 valence electrons. The third-order valence-electron chi connectivity index (χ3n) is 2.47. The SMILES string of the molecule is CCCCC#CI(OP(=O)(OCC)OCC)c1ccccc1. The third-order valence-corrected chi connectivity index (χ3v) is 9.27. The number of rotatable bonds is 9. The van der Waals surface area contributed by atoms with Gasteiger partial charge in [-0.05, 0) is 0 Å². The molecule has 22 heavy (non-hydrogen) atoms. The molecule has 0 N–H and O–H groups in total. The van der Waals surface area contributed by atoms with Crippen molar-refractivity contribution in [2.45, 2.75) is 40.0 Å². The molecule has 6 heteroatoms. The molecule has 0 radical (unpaired) electrons. The molecule has 0 aliphatic heterocycles. The number of phosphoric ester groups is 1. The topological polar surface area (TPSA) is 44.8 Å². The fourth-order valence-corrected chi connectivity index (χ4v) is 7.66. The average molecular weight is 438 g/mol. The molecule has 4 nitrogen and oxygen atoms in total. The van der Waals surface area contributed by atoms with Crippen LogP contribution < -0.4 is 0 Å². The van der Waals surface area contributed by atoms with Gasteiger partial charge in [-0.1, -0.05) is 0 Å². The maximum absolute atomic E-state index is 12.6. The standard InChI is InChI=1S/C16H24IO4P/c1-4-7-8-12-15-17(16-13-10-9-11-14-16)21-22(18,19-5-2)20-6-3/h9-11,13-14H,4-8H2,1-3H3. The minimum atomic E-state index is -3.53. The van der Waals surface area contributed by atoms with Crippen LogP contribution in [0.4, 0.5) is 0 Å². The van der Waals surface area contributed by atoms with Gasteiger partial charge in [-0.2, -0.15) is 0 Å². The summed E-state index contributed by atoms with van der Waals surface area (Å²) in [7, 11) is -3.53. The van der Waals surface area contributed by atoms with Gasteiger partial charge in [0.2, 0.25) is 0 Å². The Balaban J connectivity index is 2.93. The first-order chi connectivity index (χ1) is 10.6. The second-order valence-corrected chi connectivity index (χ2v) is 10.2. The summed E-state index contributed by atoms with van der Waals surface area (Å²) in [6.45, 7) is 6.22. The van der Waals surface area contributed by atoms with Crippen LogP contribution in [-0.2, 0) is 16.5 Å². The van der Waals surface area contributed by atoms with Gasteiger partial charge in [0, 0.05) is 0 Å². The van der Waals surface area contributed by atoms with Gasteiger partial charge in [0.25, 0.3) is 0 Å². The Hall–Kier alpha value is -0.380. The van der Waals surface area contributed by atoms with E-state index in [0.717, 1.165) is 22.8 Å². The van der Waals surface area contributed by atoms with Crippen molar-refractivity contribution >= 4 is 28.1 Å². The van der Waals surface area contributed by atoms with Gasteiger partial charge in [-0.15, -0.1) is 0 Å². The van der Waals surface area contributed by atoms with Crippen molar-refractivity contribution in [2.24, 2.45) is 0 Å². The van der Waals surface area contributed by atoms with E-state index < -0.39 is 28.1 Å². The van der Waals surface area contributed by atoms with E-state index in [1.807, 2.05) is 30.3 Å². The van der Waals surface area contributed by atoms with Crippen molar-refractivity contribution in [3.05, 3.63) is 33.9 Å². The number of benzene rings is 1. The molecule has 0 heterocycles. The van der Waals surface area contributed by atoms with E-state index in [4.69, 9.17) is 11.9 Å². The van der Waals surface area contributed by atoms with Crippen molar-refractivity contribution in [3.8, 4) is 9.85 Å². The minimum absolute atomic E-state index is 0.277. The van der Waals surface area contributed by atoms with Crippen LogP contribution in [0.2, 0.25) is 0 Å². The maximum atomic E-state index is 12.6. The van der Waals surface area contributed by atoms with Gasteiger partial charge in [-0.25, -0.2) is 0 Å². The zero-order valence-corrected chi connectivity index (χ0v) is 16.4. The van der Waals surface area contributed by atoms with Crippen molar-refractivity contribution in [1.82, 2.24) is 0 Å². The molecular weight excluding hydrogens is 414 g/mol. The first-order valence-electron chi connectivity index (χ1n) is 7.48. The molecule has 0 unspecified atom stereocenters. The Morgan fingerprint density at radius 3 is 2.27 bits per heavy atom. The third kappa shape index (κ3) is 7.26. The molecule has 0 saturated carbocycles. The molecule has 0 spiro atoms. The zero-order valence-electron chi connectivity index (χ0n) is 13.4. The number of halogens is 1. The Bertz CT molecular complexity index is 514. The van der Waals surface area contributed by atoms with E-state index in [-0.39, 0.29) is 13.2 Å². The summed E-state index contributed by atoms with van der Waals surface area (Å²) in [5.41, 5.74) is 0. The van der Waals surface area contributed by atoms with Crippen LogP contribution in [0.15, 0.2) is 30.3 Å². The first-order valence-corrected chi connectivity index (χ1v) is 12.0. The van der Waals surface area contributed by atoms with Gasteiger partial charge in [-0.3, -0.25) is 0 Å². The monoisotopic (exact) mass is 438 g/mol. The number of hydrogen-bond donors (Lipinski definition) is 0. The fraction of sp³-hybridized carbons (Fsp3) is 0.500. The van der Waals surface area contributed by atoms with Crippen LogP contribution in [0, 0.1) is 13.4 Å². The summed E-state index contributed by atoms with van der Waals surface area (Å²) in [4.78, 5) is 0. The summed E-state index contributed by atoms with van der Waals surface area (Å²) >= 11 is -2.40. The van der Waals surface area contributed by atoms with Crippen molar-refractivity contribution < 1.29 is 16.5 Å². The molecule has 0 aliphatic carbocycles. The molecule has 1 aromatic carbocycles. The number of hydrogen-bond acceptors (Lipinski definition) is 4. The summed E-state index contributed by atoms with van der Waals surface area (Å²) in [5.74, 6) is 3.15. The van der Waals surface area contributed by atoms with E-state index in [9.17, 15) is 4.57 Å². The van der Waals surface area contributed by atoms with Gasteiger partial charge in [0.1, 0.15) is 0 Å². The molecule has 1 aromatic rings. The number of phosphoric acid groups is 1. The Morgan fingerprint density at radius 2 is 1.73 bits per heavy atom. The summed E-state index contributed by atoms with van der Waals surface area (Å²) < 4.78 is 33.0. The molecule has 0 aromatic heterocycles. The zero-order chi connectivity index (χ0) is 16.3. The first kappa shape index (κ1) is 19.7. The van der Waals surface area contributed by atoms with Crippen molar-refractivity contribution in [3.63, 3.8) is 0 Å². The van der Waals surface area contributed by atoms with Crippen molar-refractivity contribution in [1.29, 1.82) is 0 Å². The molecule has 0 aliphatic rings. The summed E-state index contributed by atoms with van der Waals surface area (Å²) in [6.07, 6.45) is 2.99. The van der Waals surface area contributed by atoms with Crippen LogP contribution in [0.3, 0.4) is 0 Å². The van der Waals surface area contributed by atoms with Crippen LogP contribution in [-0.4, -0.2) is 13.2 Å². The van der Waals surface area contributed by atoms with Crippen LogP contribution in [0.1, 0.15) is 40.0 Å². The molecule has 0 bridgehead atoms. The Kier molecular flexibility index (Phi) is 10.0. The van der Waals surface area contributed by atoms with E-state index in [2.05, 4.69) is 16.8 Å². The molecule has 0 atom stereocenters. The molecule has 1 rings (SSSR count). The predicted octanol–water partition coefficient (Wildman–Crippen LogP) is 5.63. The van der Waals surface area contributed by atoms with Crippen LogP contribution in [0.25, 0.3) is 0 Å². The number of unbranched alkanes of at least 4 members (excludes halogenated alkanes) is 2. The van der Waals surface area contributed by atoms with Crippen molar-refractivity contribution in [2.75, 3.05) is 13.2 Å². The van der Waals surface area contributed by atoms with E-state index in [1.165, 1.54) is 0 Å². The normalized spacial score (nSPS) is 11.7. The average Bonchev–Trinajstić information content (AvgIpc) is 2.52. The van der Waals surface area contributed by atoms with E-state index in [1.54, 1.807) is 13.8 Å².